The molecule has 32 heavy (non-hydrogen) atoms. The lowest BCUT2D eigenvalue weighted by molar-refractivity contribution is -0.167. The Hall–Kier alpha value is -2.37. The fourth-order valence-corrected chi connectivity index (χ4v) is 5.87. The predicted octanol–water partition coefficient (Wildman–Crippen LogP) is 6.28. The maximum atomic E-state index is 12.0. The second-order valence-corrected chi connectivity index (χ2v) is 9.35. The van der Waals surface area contributed by atoms with Crippen LogP contribution in [0.1, 0.15) is 89.9 Å². The molecule has 0 aromatic carbocycles. The van der Waals surface area contributed by atoms with E-state index in [1.165, 1.54) is 64.1 Å². The van der Waals surface area contributed by atoms with E-state index >= 15 is 0 Å². The molecule has 2 atom stereocenters. The van der Waals surface area contributed by atoms with Crippen molar-refractivity contribution in [1.29, 1.82) is 0 Å². The smallest absolute Gasteiger partial charge is 0.303 e. The Bertz CT molecular complexity index is 690. The summed E-state index contributed by atoms with van der Waals surface area (Å²) >= 11 is 0. The molecule has 176 valence electrons. The number of aromatic nitrogens is 2. The van der Waals surface area contributed by atoms with E-state index in [1.807, 2.05) is 23.4 Å². The van der Waals surface area contributed by atoms with Crippen LogP contribution in [0.3, 0.4) is 0 Å². The highest BCUT2D eigenvalue weighted by Crippen LogP contribution is 2.50. The number of hydrogen-bond acceptors (Lipinski definition) is 5. The van der Waals surface area contributed by atoms with E-state index in [1.54, 1.807) is 24.7 Å². The highest BCUT2D eigenvalue weighted by Gasteiger charge is 2.49. The second kappa shape index (κ2) is 13.2. The van der Waals surface area contributed by atoms with Crippen molar-refractivity contribution in [3.8, 4) is 0 Å². The lowest BCUT2D eigenvalue weighted by atomic mass is 9.59. The fourth-order valence-electron chi connectivity index (χ4n) is 5.87. The number of carboxylic acid groups (broad SMARTS) is 1. The third kappa shape index (κ3) is 7.07. The lowest BCUT2D eigenvalue weighted by Gasteiger charge is -2.50. The van der Waals surface area contributed by atoms with E-state index in [-0.39, 0.29) is 17.9 Å². The second-order valence-electron chi connectivity index (χ2n) is 9.35. The number of aliphatic carboxylic acids is 1. The summed E-state index contributed by atoms with van der Waals surface area (Å²) in [5.41, 5.74) is -0.181. The molecule has 3 aliphatic rings. The Balaban J connectivity index is 0.000000416. The molecule has 2 fully saturated rings. The largest absolute Gasteiger partial charge is 0.481 e. The first kappa shape index (κ1) is 24.3. The molecule has 1 aromatic heterocycles. The van der Waals surface area contributed by atoms with Gasteiger partial charge in [-0.25, -0.2) is 15.0 Å². The first-order valence-corrected chi connectivity index (χ1v) is 12.4. The molecule has 0 amide bonds. The minimum absolute atomic E-state index is 0.157. The maximum absolute atomic E-state index is 12.0. The summed E-state index contributed by atoms with van der Waals surface area (Å²) in [7, 11) is 0. The molecule has 4 rings (SSSR count). The Labute approximate surface area is 192 Å². The number of carbonyl (C=O) groups is 1. The van der Waals surface area contributed by atoms with E-state index in [0.29, 0.717) is 5.92 Å². The Morgan fingerprint density at radius 1 is 0.938 bits per heavy atom. The van der Waals surface area contributed by atoms with Gasteiger partial charge in [0.2, 0.25) is 0 Å². The summed E-state index contributed by atoms with van der Waals surface area (Å²) in [6.45, 7) is 0. The number of hydroxylamine groups is 2. The van der Waals surface area contributed by atoms with E-state index in [0.717, 1.165) is 25.7 Å². The van der Waals surface area contributed by atoms with Gasteiger partial charge in [-0.2, -0.15) is 0 Å². The zero-order valence-electron chi connectivity index (χ0n) is 19.3. The molecule has 6 nitrogen and oxygen atoms in total. The summed E-state index contributed by atoms with van der Waals surface area (Å²) in [6.07, 6.45) is 28.4. The number of allylic oxidation sites excluding steroid dienone is 2. The van der Waals surface area contributed by atoms with Gasteiger partial charge >= 0.3 is 5.97 Å². The Kier molecular flexibility index (Phi) is 10.0. The molecule has 1 N–H and O–H groups in total. The van der Waals surface area contributed by atoms with Gasteiger partial charge in [0.1, 0.15) is 12.6 Å². The summed E-state index contributed by atoms with van der Waals surface area (Å²) in [6, 6.07) is 1.93. The van der Waals surface area contributed by atoms with Crippen molar-refractivity contribution < 1.29 is 14.7 Å². The highest BCUT2D eigenvalue weighted by atomic mass is 16.7. The molecule has 2 unspecified atom stereocenters. The zero-order chi connectivity index (χ0) is 22.5. The quantitative estimate of drug-likeness (QED) is 0.592. The molecule has 6 heteroatoms. The predicted molar refractivity (Wildman–Crippen MR) is 125 cm³/mol. The summed E-state index contributed by atoms with van der Waals surface area (Å²) in [5.74, 6) is -0.154. The number of rotatable bonds is 4. The van der Waals surface area contributed by atoms with Crippen LogP contribution in [0, 0.1) is 11.3 Å². The number of nitrogens with zero attached hydrogens (tertiary/aromatic N) is 3. The van der Waals surface area contributed by atoms with Crippen LogP contribution in [-0.4, -0.2) is 32.1 Å². The highest BCUT2D eigenvalue weighted by molar-refractivity contribution is 5.68. The van der Waals surface area contributed by atoms with E-state index < -0.39 is 5.97 Å². The van der Waals surface area contributed by atoms with Gasteiger partial charge in [-0.05, 0) is 49.8 Å². The number of hydrogen-bond donors (Lipinski definition) is 1. The molecule has 2 aliphatic carbocycles. The lowest BCUT2D eigenvalue weighted by Crippen LogP contribution is -2.51. The maximum Gasteiger partial charge on any atom is 0.303 e. The standard InChI is InChI=1S/C22H35NO3.C4H4N2/c24-21(25)18-22(19-12-6-2-1-3-7-13-19)15-9-5-4-8-14-20(22)23-16-10-11-17-26-23;1-2-5-4-6-3-1/h10-11,16-17,19-20H,1-9,12-15,18H2,(H,24,25);1-4H. The van der Waals surface area contributed by atoms with E-state index in [4.69, 9.17) is 4.84 Å². The summed E-state index contributed by atoms with van der Waals surface area (Å²) in [5, 5.41) is 11.9. The van der Waals surface area contributed by atoms with Crippen LogP contribution >= 0.6 is 0 Å². The van der Waals surface area contributed by atoms with Gasteiger partial charge in [0.15, 0.2) is 0 Å². The molecule has 0 saturated heterocycles. The van der Waals surface area contributed by atoms with E-state index in [9.17, 15) is 9.90 Å². The average Bonchev–Trinajstić information content (AvgIpc) is 2.78. The molecule has 2 saturated carbocycles. The fraction of sp³-hybridized carbons (Fsp3) is 0.654. The van der Waals surface area contributed by atoms with Crippen molar-refractivity contribution in [3.63, 3.8) is 0 Å². The molecule has 0 spiro atoms. The molecule has 1 aliphatic heterocycles. The molecule has 1 aromatic rings. The minimum atomic E-state index is -0.644. The van der Waals surface area contributed by atoms with Crippen molar-refractivity contribution in [2.75, 3.05) is 0 Å². The van der Waals surface area contributed by atoms with Crippen LogP contribution in [0.4, 0.5) is 0 Å². The van der Waals surface area contributed by atoms with Gasteiger partial charge < -0.3 is 9.94 Å². The van der Waals surface area contributed by atoms with Crippen LogP contribution in [0.5, 0.6) is 0 Å². The third-order valence-electron chi connectivity index (χ3n) is 7.32. The molecular weight excluding hydrogens is 402 g/mol. The van der Waals surface area contributed by atoms with Gasteiger partial charge in [0, 0.05) is 24.0 Å². The van der Waals surface area contributed by atoms with Crippen LogP contribution in [-0.2, 0) is 9.63 Å². The summed E-state index contributed by atoms with van der Waals surface area (Å²) < 4.78 is 0. The monoisotopic (exact) mass is 441 g/mol. The molecule has 2 heterocycles. The van der Waals surface area contributed by atoms with Crippen molar-refractivity contribution in [3.05, 3.63) is 49.4 Å². The van der Waals surface area contributed by atoms with Crippen molar-refractivity contribution in [2.45, 2.75) is 95.9 Å². The van der Waals surface area contributed by atoms with Gasteiger partial charge in [-0.1, -0.05) is 57.8 Å². The van der Waals surface area contributed by atoms with Gasteiger partial charge in [0.05, 0.1) is 12.5 Å². The molecule has 0 bridgehead atoms. The Morgan fingerprint density at radius 3 is 2.16 bits per heavy atom. The molecular formula is C26H39N3O3. The normalized spacial score (nSPS) is 27.0. The summed E-state index contributed by atoms with van der Waals surface area (Å²) in [4.78, 5) is 25.2. The van der Waals surface area contributed by atoms with Crippen LogP contribution in [0.25, 0.3) is 0 Å². The van der Waals surface area contributed by atoms with Crippen molar-refractivity contribution >= 4 is 5.97 Å². The van der Waals surface area contributed by atoms with Gasteiger partial charge in [-0.3, -0.25) is 4.79 Å². The molecule has 0 radical (unpaired) electrons. The average molecular weight is 442 g/mol. The first-order chi connectivity index (χ1) is 15.7. The van der Waals surface area contributed by atoms with Gasteiger partial charge in [0.25, 0.3) is 0 Å². The topological polar surface area (TPSA) is 75.5 Å². The number of carboxylic acids is 1. The van der Waals surface area contributed by atoms with Crippen molar-refractivity contribution in [2.24, 2.45) is 11.3 Å². The minimum Gasteiger partial charge on any atom is -0.481 e. The zero-order valence-corrected chi connectivity index (χ0v) is 19.3. The first-order valence-electron chi connectivity index (χ1n) is 12.4. The van der Waals surface area contributed by atoms with Crippen LogP contribution in [0.2, 0.25) is 0 Å². The SMILES string of the molecule is O=C(O)CC1(C2CCCCCCC2)CCCCCCC1N1C=CC=CO1.c1cncnc1. The van der Waals surface area contributed by atoms with Crippen molar-refractivity contribution in [1.82, 2.24) is 15.0 Å². The van der Waals surface area contributed by atoms with Crippen LogP contribution < -0.4 is 0 Å². The Morgan fingerprint density at radius 2 is 1.59 bits per heavy atom. The van der Waals surface area contributed by atoms with Gasteiger partial charge in [-0.15, -0.1) is 0 Å². The van der Waals surface area contributed by atoms with E-state index in [2.05, 4.69) is 9.97 Å². The van der Waals surface area contributed by atoms with Crippen LogP contribution in [0.15, 0.2) is 49.4 Å². The third-order valence-corrected chi connectivity index (χ3v) is 7.32.